The van der Waals surface area contributed by atoms with E-state index >= 15 is 0 Å². The third-order valence-corrected chi connectivity index (χ3v) is 7.24. The predicted octanol–water partition coefficient (Wildman–Crippen LogP) is 2.13. The van der Waals surface area contributed by atoms with Crippen molar-refractivity contribution in [1.82, 2.24) is 25.7 Å². The zero-order chi connectivity index (χ0) is 23.2. The minimum absolute atomic E-state index is 0.0441. The summed E-state index contributed by atoms with van der Waals surface area (Å²) in [6.45, 7) is 5.98. The monoisotopic (exact) mass is 450 g/mol. The summed E-state index contributed by atoms with van der Waals surface area (Å²) in [5.41, 5.74) is 2.33. The topological polar surface area (TPSA) is 110 Å². The fourth-order valence-electron chi connectivity index (χ4n) is 5.38. The van der Waals surface area contributed by atoms with Gasteiger partial charge in [-0.2, -0.15) is 5.10 Å². The van der Waals surface area contributed by atoms with Gasteiger partial charge in [0.1, 0.15) is 5.54 Å². The second-order valence-corrected chi connectivity index (χ2v) is 9.62. The van der Waals surface area contributed by atoms with Gasteiger partial charge in [-0.1, -0.05) is 19.1 Å². The second-order valence-electron chi connectivity index (χ2n) is 9.62. The molecule has 33 heavy (non-hydrogen) atoms. The molecule has 3 atom stereocenters. The van der Waals surface area contributed by atoms with Crippen molar-refractivity contribution in [1.29, 1.82) is 0 Å². The predicted molar refractivity (Wildman–Crippen MR) is 123 cm³/mol. The van der Waals surface area contributed by atoms with E-state index in [4.69, 9.17) is 0 Å². The minimum atomic E-state index is -0.937. The smallest absolute Gasteiger partial charge is 0.322 e. The highest BCUT2D eigenvalue weighted by Gasteiger charge is 2.56. The Bertz CT molecular complexity index is 1070. The molecule has 0 bridgehead atoms. The number of urea groups is 1. The van der Waals surface area contributed by atoms with Crippen molar-refractivity contribution in [2.24, 2.45) is 11.8 Å². The summed E-state index contributed by atoms with van der Waals surface area (Å²) in [7, 11) is 0. The molecular weight excluding hydrogens is 420 g/mol. The van der Waals surface area contributed by atoms with Gasteiger partial charge in [0.25, 0.3) is 5.91 Å². The van der Waals surface area contributed by atoms with E-state index in [2.05, 4.69) is 50.9 Å². The molecule has 1 aliphatic carbocycles. The largest absolute Gasteiger partial charge is 0.365 e. The number of benzene rings is 1. The van der Waals surface area contributed by atoms with Crippen LogP contribution in [-0.4, -0.2) is 64.2 Å². The Morgan fingerprint density at radius 1 is 1.24 bits per heavy atom. The van der Waals surface area contributed by atoms with Gasteiger partial charge in [-0.05, 0) is 49.8 Å². The van der Waals surface area contributed by atoms with Gasteiger partial charge in [0.2, 0.25) is 5.91 Å². The van der Waals surface area contributed by atoms with Crippen molar-refractivity contribution in [3.8, 4) is 11.1 Å². The summed E-state index contributed by atoms with van der Waals surface area (Å²) >= 11 is 0. The summed E-state index contributed by atoms with van der Waals surface area (Å²) in [6.07, 6.45) is 5.84. The molecule has 0 radical (unpaired) electrons. The van der Waals surface area contributed by atoms with E-state index in [0.29, 0.717) is 19.5 Å². The molecule has 2 aliphatic heterocycles. The highest BCUT2D eigenvalue weighted by molar-refractivity contribution is 6.07. The zero-order valence-electron chi connectivity index (χ0n) is 19.0. The first-order chi connectivity index (χ1) is 15.9. The molecule has 3 fully saturated rings. The van der Waals surface area contributed by atoms with Crippen LogP contribution in [0.15, 0.2) is 36.7 Å². The van der Waals surface area contributed by atoms with Crippen LogP contribution in [0.5, 0.6) is 0 Å². The maximum atomic E-state index is 13.3. The Kier molecular flexibility index (Phi) is 5.34. The van der Waals surface area contributed by atoms with Crippen LogP contribution in [0.25, 0.3) is 11.1 Å². The van der Waals surface area contributed by atoms with E-state index in [1.165, 1.54) is 0 Å². The van der Waals surface area contributed by atoms with Gasteiger partial charge in [-0.3, -0.25) is 20.0 Å². The molecule has 3 N–H and O–H groups in total. The molecule has 2 saturated heterocycles. The van der Waals surface area contributed by atoms with Crippen molar-refractivity contribution in [2.45, 2.75) is 44.7 Å². The average molecular weight is 451 g/mol. The summed E-state index contributed by atoms with van der Waals surface area (Å²) in [5, 5.41) is 12.1. The maximum Gasteiger partial charge on any atom is 0.322 e. The molecule has 2 aromatic rings. The second kappa shape index (κ2) is 8.20. The number of hydrogen-bond donors (Lipinski definition) is 3. The number of amides is 4. The highest BCUT2D eigenvalue weighted by Crippen LogP contribution is 2.44. The number of anilines is 1. The third kappa shape index (κ3) is 3.96. The number of piperazine rings is 1. The Hall–Kier alpha value is -3.36. The van der Waals surface area contributed by atoms with E-state index in [1.54, 1.807) is 0 Å². The SMILES string of the molecule is C[C@@H](CC1(C2CC2)NC(=O)NC1=O)C(=O)N1CCN(c2cccc(-c3cn[nH]c3)c2)[C@@H](C)C1. The van der Waals surface area contributed by atoms with Gasteiger partial charge in [0, 0.05) is 49.0 Å². The van der Waals surface area contributed by atoms with Gasteiger partial charge in [-0.25, -0.2) is 4.79 Å². The van der Waals surface area contributed by atoms with E-state index < -0.39 is 11.6 Å². The van der Waals surface area contributed by atoms with Crippen molar-refractivity contribution in [3.63, 3.8) is 0 Å². The zero-order valence-corrected chi connectivity index (χ0v) is 19.0. The molecular formula is C24H30N6O3. The molecule has 1 saturated carbocycles. The van der Waals surface area contributed by atoms with E-state index in [-0.39, 0.29) is 29.7 Å². The van der Waals surface area contributed by atoms with Crippen LogP contribution < -0.4 is 15.5 Å². The molecule has 1 aromatic heterocycles. The van der Waals surface area contributed by atoms with Gasteiger partial charge in [0.15, 0.2) is 0 Å². The summed E-state index contributed by atoms with van der Waals surface area (Å²) < 4.78 is 0. The minimum Gasteiger partial charge on any atom is -0.365 e. The number of carbonyl (C=O) groups excluding carboxylic acids is 3. The number of rotatable bonds is 6. The van der Waals surface area contributed by atoms with Gasteiger partial charge in [0.05, 0.1) is 6.20 Å². The molecule has 0 spiro atoms. The van der Waals surface area contributed by atoms with Gasteiger partial charge in [-0.15, -0.1) is 0 Å². The van der Waals surface area contributed by atoms with Crippen molar-refractivity contribution in [2.75, 3.05) is 24.5 Å². The Labute approximate surface area is 192 Å². The number of hydrogen-bond acceptors (Lipinski definition) is 5. The fourth-order valence-corrected chi connectivity index (χ4v) is 5.38. The summed E-state index contributed by atoms with van der Waals surface area (Å²) in [6, 6.07) is 8.06. The Morgan fingerprint density at radius 2 is 2.06 bits per heavy atom. The van der Waals surface area contributed by atoms with Crippen molar-refractivity contribution in [3.05, 3.63) is 36.7 Å². The van der Waals surface area contributed by atoms with Crippen LogP contribution in [0.3, 0.4) is 0 Å². The van der Waals surface area contributed by atoms with Crippen LogP contribution in [-0.2, 0) is 9.59 Å². The van der Waals surface area contributed by atoms with Crippen LogP contribution in [0.2, 0.25) is 0 Å². The lowest BCUT2D eigenvalue weighted by atomic mass is 9.83. The standard InChI is InChI=1S/C24H30N6O3/c1-15(11-24(19-6-7-19)22(32)27-23(33)28-24)21(31)29-8-9-30(16(2)14-29)20-5-3-4-17(10-20)18-12-25-26-13-18/h3-5,10,12-13,15-16,19H,6-9,11,14H2,1-2H3,(H,25,26)(H2,27,28,32,33)/t15-,16-,24?/m0/s1. The summed E-state index contributed by atoms with van der Waals surface area (Å²) in [5.74, 6) is -0.469. The molecule has 3 aliphatic rings. The van der Waals surface area contributed by atoms with Gasteiger partial charge >= 0.3 is 6.03 Å². The molecule has 1 unspecified atom stereocenters. The lowest BCUT2D eigenvalue weighted by Gasteiger charge is -2.42. The first-order valence-corrected chi connectivity index (χ1v) is 11.7. The molecule has 5 rings (SSSR count). The van der Waals surface area contributed by atoms with Gasteiger partial charge < -0.3 is 15.1 Å². The van der Waals surface area contributed by atoms with Crippen LogP contribution in [0.4, 0.5) is 10.5 Å². The van der Waals surface area contributed by atoms with Crippen LogP contribution in [0.1, 0.15) is 33.1 Å². The molecule has 9 heteroatoms. The van der Waals surface area contributed by atoms with E-state index in [1.807, 2.05) is 30.3 Å². The quantitative estimate of drug-likeness (QED) is 0.584. The normalized spacial score (nSPS) is 26.2. The van der Waals surface area contributed by atoms with E-state index in [9.17, 15) is 14.4 Å². The highest BCUT2D eigenvalue weighted by atomic mass is 16.2. The molecule has 3 heterocycles. The Balaban J connectivity index is 1.25. The maximum absolute atomic E-state index is 13.3. The fraction of sp³-hybridized carbons (Fsp3) is 0.500. The first kappa shape index (κ1) is 21.5. The lowest BCUT2D eigenvalue weighted by molar-refractivity contribution is -0.137. The van der Waals surface area contributed by atoms with Crippen molar-refractivity contribution >= 4 is 23.5 Å². The number of carbonyl (C=O) groups is 3. The Morgan fingerprint density at radius 3 is 2.70 bits per heavy atom. The number of nitrogens with zero attached hydrogens (tertiary/aromatic N) is 3. The number of aromatic amines is 1. The lowest BCUT2D eigenvalue weighted by Crippen LogP contribution is -2.56. The average Bonchev–Trinajstić information content (AvgIpc) is 3.43. The van der Waals surface area contributed by atoms with Crippen molar-refractivity contribution < 1.29 is 14.4 Å². The summed E-state index contributed by atoms with van der Waals surface area (Å²) in [4.78, 5) is 41.9. The number of H-pyrrole nitrogens is 1. The molecule has 4 amide bonds. The number of aromatic nitrogens is 2. The number of imide groups is 1. The van der Waals surface area contributed by atoms with Crippen LogP contribution >= 0.6 is 0 Å². The number of nitrogens with one attached hydrogen (secondary N) is 3. The third-order valence-electron chi connectivity index (χ3n) is 7.24. The molecule has 174 valence electrons. The van der Waals surface area contributed by atoms with Crippen LogP contribution in [0, 0.1) is 11.8 Å². The van der Waals surface area contributed by atoms with E-state index in [0.717, 1.165) is 36.2 Å². The molecule has 9 nitrogen and oxygen atoms in total. The first-order valence-electron chi connectivity index (χ1n) is 11.7. The molecule has 1 aromatic carbocycles.